The van der Waals surface area contributed by atoms with Gasteiger partial charge in [-0.25, -0.2) is 4.98 Å². The van der Waals surface area contributed by atoms with E-state index in [0.717, 1.165) is 17.0 Å². The number of aromatic nitrogens is 1. The molecule has 0 saturated heterocycles. The first-order valence-electron chi connectivity index (χ1n) is 6.81. The Labute approximate surface area is 162 Å². The van der Waals surface area contributed by atoms with Crippen LogP contribution in [0.4, 0.5) is 0 Å². The molecule has 0 atom stereocenters. The molecule has 2 rings (SSSR count). The number of benzene rings is 1. The van der Waals surface area contributed by atoms with Gasteiger partial charge >= 0.3 is 0 Å². The van der Waals surface area contributed by atoms with E-state index in [0.29, 0.717) is 35.0 Å². The number of oxazole rings is 1. The standard InChI is InChI=1S/C15H18Cl2N4O.HI/c1-9-10(2)22-14(21-9)8-20-15(18-3)19-7-11-4-5-12(16)6-13(11)17;/h4-6H,7-8H2,1-3H3,(H2,18,19,20);1H. The van der Waals surface area contributed by atoms with E-state index >= 15 is 0 Å². The lowest BCUT2D eigenvalue weighted by atomic mass is 10.2. The van der Waals surface area contributed by atoms with Crippen LogP contribution < -0.4 is 10.6 Å². The third-order valence-electron chi connectivity index (χ3n) is 3.16. The molecule has 1 aromatic heterocycles. The van der Waals surface area contributed by atoms with Gasteiger partial charge in [-0.05, 0) is 31.5 Å². The lowest BCUT2D eigenvalue weighted by Crippen LogP contribution is -2.36. The number of nitrogens with zero attached hydrogens (tertiary/aromatic N) is 2. The molecule has 0 amide bonds. The average Bonchev–Trinajstić information content (AvgIpc) is 2.79. The second-order valence-corrected chi connectivity index (χ2v) is 5.61. The number of hydrogen-bond acceptors (Lipinski definition) is 3. The highest BCUT2D eigenvalue weighted by Gasteiger charge is 2.07. The highest BCUT2D eigenvalue weighted by Crippen LogP contribution is 2.20. The Hall–Kier alpha value is -0.990. The summed E-state index contributed by atoms with van der Waals surface area (Å²) in [7, 11) is 1.70. The zero-order valence-corrected chi connectivity index (χ0v) is 17.0. The van der Waals surface area contributed by atoms with Crippen molar-refractivity contribution >= 4 is 53.1 Å². The molecule has 0 aliphatic heterocycles. The molecular weight excluding hydrogens is 450 g/mol. The molecule has 1 aromatic carbocycles. The maximum atomic E-state index is 6.14. The highest BCUT2D eigenvalue weighted by atomic mass is 127. The van der Waals surface area contributed by atoms with E-state index in [1.807, 2.05) is 19.9 Å². The van der Waals surface area contributed by atoms with Gasteiger partial charge in [0.1, 0.15) is 5.76 Å². The zero-order chi connectivity index (χ0) is 16.1. The van der Waals surface area contributed by atoms with Gasteiger partial charge in [-0.3, -0.25) is 4.99 Å². The van der Waals surface area contributed by atoms with Crippen molar-refractivity contribution in [1.82, 2.24) is 15.6 Å². The third-order valence-corrected chi connectivity index (χ3v) is 3.75. The van der Waals surface area contributed by atoms with Gasteiger partial charge in [-0.2, -0.15) is 0 Å². The maximum absolute atomic E-state index is 6.14. The molecule has 0 fully saturated rings. The van der Waals surface area contributed by atoms with Gasteiger partial charge in [-0.1, -0.05) is 29.3 Å². The minimum Gasteiger partial charge on any atom is -0.444 e. The van der Waals surface area contributed by atoms with E-state index in [1.54, 1.807) is 19.2 Å². The van der Waals surface area contributed by atoms with Crippen molar-refractivity contribution in [3.63, 3.8) is 0 Å². The van der Waals surface area contributed by atoms with Gasteiger partial charge in [0.05, 0.1) is 12.2 Å². The molecular formula is C15H19Cl2IN4O. The second kappa shape index (κ2) is 9.34. The Morgan fingerprint density at radius 1 is 1.22 bits per heavy atom. The van der Waals surface area contributed by atoms with Crippen molar-refractivity contribution in [1.29, 1.82) is 0 Å². The van der Waals surface area contributed by atoms with Crippen LogP contribution in [0.1, 0.15) is 22.9 Å². The van der Waals surface area contributed by atoms with E-state index in [9.17, 15) is 0 Å². The molecule has 0 spiro atoms. The van der Waals surface area contributed by atoms with E-state index < -0.39 is 0 Å². The first kappa shape index (κ1) is 20.1. The number of nitrogens with one attached hydrogen (secondary N) is 2. The molecule has 0 aliphatic carbocycles. The smallest absolute Gasteiger partial charge is 0.214 e. The lowest BCUT2D eigenvalue weighted by molar-refractivity contribution is 0.463. The number of guanidine groups is 1. The van der Waals surface area contributed by atoms with Crippen molar-refractivity contribution in [2.75, 3.05) is 7.05 Å². The fraction of sp³-hybridized carbons (Fsp3) is 0.333. The summed E-state index contributed by atoms with van der Waals surface area (Å²) in [4.78, 5) is 8.46. The van der Waals surface area contributed by atoms with Crippen molar-refractivity contribution in [3.8, 4) is 0 Å². The zero-order valence-electron chi connectivity index (χ0n) is 13.1. The molecule has 0 radical (unpaired) electrons. The van der Waals surface area contributed by atoms with E-state index in [2.05, 4.69) is 20.6 Å². The summed E-state index contributed by atoms with van der Waals surface area (Å²) in [6.45, 7) is 4.81. The lowest BCUT2D eigenvalue weighted by Gasteiger charge is -2.11. The van der Waals surface area contributed by atoms with Crippen LogP contribution in [0, 0.1) is 13.8 Å². The number of rotatable bonds is 4. The van der Waals surface area contributed by atoms with E-state index in [4.69, 9.17) is 27.6 Å². The largest absolute Gasteiger partial charge is 0.444 e. The Morgan fingerprint density at radius 2 is 1.91 bits per heavy atom. The van der Waals surface area contributed by atoms with Crippen LogP contribution >= 0.6 is 47.2 Å². The summed E-state index contributed by atoms with van der Waals surface area (Å²) < 4.78 is 5.51. The number of aliphatic imine (C=N–C) groups is 1. The molecule has 1 heterocycles. The van der Waals surface area contributed by atoms with Gasteiger partial charge in [0, 0.05) is 23.6 Å². The average molecular weight is 469 g/mol. The first-order valence-corrected chi connectivity index (χ1v) is 7.56. The Balaban J connectivity index is 0.00000264. The molecule has 0 saturated carbocycles. The summed E-state index contributed by atoms with van der Waals surface area (Å²) in [5, 5.41) is 7.56. The quantitative estimate of drug-likeness (QED) is 0.403. The minimum absolute atomic E-state index is 0. The Bertz CT molecular complexity index is 669. The van der Waals surface area contributed by atoms with Crippen LogP contribution in [0.15, 0.2) is 27.6 Å². The Kier molecular flexibility index (Phi) is 8.15. The Morgan fingerprint density at radius 3 is 2.48 bits per heavy atom. The van der Waals surface area contributed by atoms with Crippen LogP contribution in [-0.4, -0.2) is 18.0 Å². The summed E-state index contributed by atoms with van der Waals surface area (Å²) in [5.41, 5.74) is 1.84. The van der Waals surface area contributed by atoms with Crippen molar-refractivity contribution in [3.05, 3.63) is 51.2 Å². The summed E-state index contributed by atoms with van der Waals surface area (Å²) in [6.07, 6.45) is 0. The number of aryl methyl sites for hydroxylation is 2. The van der Waals surface area contributed by atoms with Crippen LogP contribution in [0.25, 0.3) is 0 Å². The van der Waals surface area contributed by atoms with Crippen LogP contribution in [0.2, 0.25) is 10.0 Å². The van der Waals surface area contributed by atoms with Gasteiger partial charge in [0.15, 0.2) is 5.96 Å². The summed E-state index contributed by atoms with van der Waals surface area (Å²) in [6, 6.07) is 5.40. The molecule has 2 N–H and O–H groups in total. The van der Waals surface area contributed by atoms with Gasteiger partial charge in [0.2, 0.25) is 5.89 Å². The SMILES string of the molecule is CN=C(NCc1nc(C)c(C)o1)NCc1ccc(Cl)cc1Cl.I. The van der Waals surface area contributed by atoms with Crippen molar-refractivity contribution < 1.29 is 4.42 Å². The first-order chi connectivity index (χ1) is 10.5. The van der Waals surface area contributed by atoms with Gasteiger partial charge in [0.25, 0.3) is 0 Å². The summed E-state index contributed by atoms with van der Waals surface area (Å²) >= 11 is 12.0. The molecule has 126 valence electrons. The van der Waals surface area contributed by atoms with Crippen molar-refractivity contribution in [2.45, 2.75) is 26.9 Å². The molecule has 5 nitrogen and oxygen atoms in total. The predicted molar refractivity (Wildman–Crippen MR) is 105 cm³/mol. The maximum Gasteiger partial charge on any atom is 0.214 e. The number of halogens is 3. The second-order valence-electron chi connectivity index (χ2n) is 4.76. The molecule has 0 unspecified atom stereocenters. The third kappa shape index (κ3) is 5.86. The molecule has 0 bridgehead atoms. The van der Waals surface area contributed by atoms with Gasteiger partial charge < -0.3 is 15.1 Å². The summed E-state index contributed by atoms with van der Waals surface area (Å²) in [5.74, 6) is 2.09. The minimum atomic E-state index is 0. The van der Waals surface area contributed by atoms with Gasteiger partial charge in [-0.15, -0.1) is 24.0 Å². The van der Waals surface area contributed by atoms with Crippen LogP contribution in [0.3, 0.4) is 0 Å². The van der Waals surface area contributed by atoms with Crippen LogP contribution in [0.5, 0.6) is 0 Å². The molecule has 8 heteroatoms. The monoisotopic (exact) mass is 468 g/mol. The molecule has 2 aromatic rings. The van der Waals surface area contributed by atoms with E-state index in [1.165, 1.54) is 0 Å². The predicted octanol–water partition coefficient (Wildman–Crippen LogP) is 4.08. The van der Waals surface area contributed by atoms with Crippen LogP contribution in [-0.2, 0) is 13.1 Å². The van der Waals surface area contributed by atoms with Crippen molar-refractivity contribution in [2.24, 2.45) is 4.99 Å². The number of hydrogen-bond donors (Lipinski definition) is 2. The molecule has 23 heavy (non-hydrogen) atoms. The fourth-order valence-electron chi connectivity index (χ4n) is 1.84. The normalized spacial score (nSPS) is 11.1. The topological polar surface area (TPSA) is 62.5 Å². The van der Waals surface area contributed by atoms with E-state index in [-0.39, 0.29) is 24.0 Å². The molecule has 0 aliphatic rings. The fourth-order valence-corrected chi connectivity index (χ4v) is 2.31. The highest BCUT2D eigenvalue weighted by molar-refractivity contribution is 14.0.